The summed E-state index contributed by atoms with van der Waals surface area (Å²) in [6, 6.07) is 14.9. The number of carbonyl (C=O) groups excluding carboxylic acids is 1. The fraction of sp³-hybridized carbons (Fsp3) is 0.435. The van der Waals surface area contributed by atoms with Crippen LogP contribution in [0.1, 0.15) is 37.6 Å². The van der Waals surface area contributed by atoms with Crippen molar-refractivity contribution in [2.24, 2.45) is 5.92 Å². The van der Waals surface area contributed by atoms with E-state index in [-0.39, 0.29) is 11.9 Å². The van der Waals surface area contributed by atoms with Gasteiger partial charge in [-0.2, -0.15) is 0 Å². The van der Waals surface area contributed by atoms with Crippen LogP contribution in [0, 0.1) is 5.92 Å². The summed E-state index contributed by atoms with van der Waals surface area (Å²) < 4.78 is 0. The summed E-state index contributed by atoms with van der Waals surface area (Å²) in [7, 11) is 4.20. The van der Waals surface area contributed by atoms with Crippen molar-refractivity contribution in [2.75, 3.05) is 32.1 Å². The van der Waals surface area contributed by atoms with Gasteiger partial charge in [0.25, 0.3) is 5.91 Å². The molecule has 1 heterocycles. The van der Waals surface area contributed by atoms with Crippen molar-refractivity contribution in [2.45, 2.75) is 43.0 Å². The second kappa shape index (κ2) is 9.01. The Hall–Kier alpha value is -1.98. The first-order valence-electron chi connectivity index (χ1n) is 10.00. The molecule has 1 amide bonds. The summed E-state index contributed by atoms with van der Waals surface area (Å²) in [5.74, 6) is 0.589. The SMILES string of the molecule is CC(C)CCNC(=O)c1ccc2c(c1)N([C@H](C)CN(C)C)c1ccccc1S2. The number of anilines is 2. The topological polar surface area (TPSA) is 35.6 Å². The maximum Gasteiger partial charge on any atom is 0.251 e. The Morgan fingerprint density at radius 1 is 1.07 bits per heavy atom. The number of para-hydroxylation sites is 1. The minimum Gasteiger partial charge on any atom is -0.352 e. The lowest BCUT2D eigenvalue weighted by Gasteiger charge is -2.38. The maximum absolute atomic E-state index is 12.7. The van der Waals surface area contributed by atoms with Gasteiger partial charge in [0.05, 0.1) is 11.4 Å². The Morgan fingerprint density at radius 3 is 2.50 bits per heavy atom. The summed E-state index contributed by atoms with van der Waals surface area (Å²) in [5.41, 5.74) is 3.06. The second-order valence-corrected chi connectivity index (χ2v) is 9.26. The molecule has 1 N–H and O–H groups in total. The van der Waals surface area contributed by atoms with Gasteiger partial charge in [-0.25, -0.2) is 0 Å². The first-order valence-corrected chi connectivity index (χ1v) is 10.8. The van der Waals surface area contributed by atoms with Crippen LogP contribution in [0.3, 0.4) is 0 Å². The molecule has 150 valence electrons. The fourth-order valence-corrected chi connectivity index (χ4v) is 4.64. The number of nitrogens with one attached hydrogen (secondary N) is 1. The first-order chi connectivity index (χ1) is 13.4. The molecular weight excluding hydrogens is 366 g/mol. The number of fused-ring (bicyclic) bond motifs is 2. The van der Waals surface area contributed by atoms with Crippen molar-refractivity contribution in [1.29, 1.82) is 0 Å². The standard InChI is InChI=1S/C23H31N3OS/c1-16(2)12-13-24-23(27)18-10-11-22-20(14-18)26(17(3)15-25(4)5)19-8-6-7-9-21(19)28-22/h6-11,14,16-17H,12-13,15H2,1-5H3,(H,24,27)/t17-/m1/s1. The van der Waals surface area contributed by atoms with Crippen molar-refractivity contribution >= 4 is 29.0 Å². The van der Waals surface area contributed by atoms with Gasteiger partial charge in [-0.1, -0.05) is 37.7 Å². The largest absolute Gasteiger partial charge is 0.352 e. The zero-order valence-electron chi connectivity index (χ0n) is 17.5. The summed E-state index contributed by atoms with van der Waals surface area (Å²) >= 11 is 1.78. The number of nitrogens with zero attached hydrogens (tertiary/aromatic N) is 2. The summed E-state index contributed by atoms with van der Waals surface area (Å²) in [6.45, 7) is 8.23. The van der Waals surface area contributed by atoms with E-state index in [1.165, 1.54) is 15.5 Å². The molecule has 0 aliphatic carbocycles. The van der Waals surface area contributed by atoms with Crippen LogP contribution < -0.4 is 10.2 Å². The van der Waals surface area contributed by atoms with Gasteiger partial charge >= 0.3 is 0 Å². The molecule has 0 fully saturated rings. The Balaban J connectivity index is 1.92. The lowest BCUT2D eigenvalue weighted by molar-refractivity contribution is 0.0952. The number of likely N-dealkylation sites (N-methyl/N-ethyl adjacent to an activating group) is 1. The van der Waals surface area contributed by atoms with Gasteiger partial charge < -0.3 is 15.1 Å². The highest BCUT2D eigenvalue weighted by Gasteiger charge is 2.28. The minimum atomic E-state index is 0.00696. The van der Waals surface area contributed by atoms with Crippen LogP contribution in [0.2, 0.25) is 0 Å². The quantitative estimate of drug-likeness (QED) is 0.712. The predicted octanol–water partition coefficient (Wildman–Crippen LogP) is 5.02. The maximum atomic E-state index is 12.7. The van der Waals surface area contributed by atoms with Crippen molar-refractivity contribution in [3.05, 3.63) is 48.0 Å². The molecule has 4 nitrogen and oxygen atoms in total. The van der Waals surface area contributed by atoms with Gasteiger partial charge in [-0.05, 0) is 63.7 Å². The van der Waals surface area contributed by atoms with E-state index < -0.39 is 0 Å². The minimum absolute atomic E-state index is 0.00696. The molecule has 0 saturated heterocycles. The normalized spacial score (nSPS) is 14.0. The highest BCUT2D eigenvalue weighted by molar-refractivity contribution is 7.99. The molecule has 1 aliphatic heterocycles. The van der Waals surface area contributed by atoms with Crippen LogP contribution in [-0.2, 0) is 0 Å². The van der Waals surface area contributed by atoms with E-state index in [2.05, 4.69) is 86.4 Å². The van der Waals surface area contributed by atoms with Crippen LogP contribution in [0.15, 0.2) is 52.3 Å². The van der Waals surface area contributed by atoms with Crippen LogP contribution in [0.4, 0.5) is 11.4 Å². The number of benzene rings is 2. The van der Waals surface area contributed by atoms with Crippen molar-refractivity contribution < 1.29 is 4.79 Å². The van der Waals surface area contributed by atoms with Crippen LogP contribution in [-0.4, -0.2) is 44.0 Å². The number of rotatable bonds is 7. The van der Waals surface area contributed by atoms with Gasteiger partial charge in [0.15, 0.2) is 0 Å². The molecule has 3 rings (SSSR count). The van der Waals surface area contributed by atoms with Gasteiger partial charge in [0, 0.05) is 34.5 Å². The van der Waals surface area contributed by atoms with Crippen LogP contribution in [0.5, 0.6) is 0 Å². The molecule has 0 bridgehead atoms. The summed E-state index contributed by atoms with van der Waals surface area (Å²) in [4.78, 5) is 19.7. The first kappa shape index (κ1) is 20.7. The molecule has 1 atom stereocenters. The third kappa shape index (κ3) is 4.70. The lowest BCUT2D eigenvalue weighted by Crippen LogP contribution is -2.38. The number of hydrogen-bond acceptors (Lipinski definition) is 4. The zero-order chi connectivity index (χ0) is 20.3. The van der Waals surface area contributed by atoms with Crippen LogP contribution >= 0.6 is 11.8 Å². The predicted molar refractivity (Wildman–Crippen MR) is 119 cm³/mol. The molecule has 28 heavy (non-hydrogen) atoms. The highest BCUT2D eigenvalue weighted by Crippen LogP contribution is 2.49. The molecule has 0 spiro atoms. The van der Waals surface area contributed by atoms with E-state index in [0.717, 1.165) is 24.2 Å². The number of hydrogen-bond donors (Lipinski definition) is 1. The van der Waals surface area contributed by atoms with Gasteiger partial charge in [-0.15, -0.1) is 0 Å². The molecule has 0 radical (unpaired) electrons. The summed E-state index contributed by atoms with van der Waals surface area (Å²) in [6.07, 6.45) is 0.992. The van der Waals surface area contributed by atoms with Gasteiger partial charge in [-0.3, -0.25) is 4.79 Å². The molecule has 0 aromatic heterocycles. The smallest absolute Gasteiger partial charge is 0.251 e. The lowest BCUT2D eigenvalue weighted by atomic mass is 10.1. The Bertz CT molecular complexity index is 834. The third-order valence-electron chi connectivity index (χ3n) is 4.90. The van der Waals surface area contributed by atoms with E-state index in [9.17, 15) is 4.79 Å². The van der Waals surface area contributed by atoms with Crippen molar-refractivity contribution in [3.8, 4) is 0 Å². The molecule has 2 aromatic rings. The van der Waals surface area contributed by atoms with Crippen LogP contribution in [0.25, 0.3) is 0 Å². The Morgan fingerprint density at radius 2 is 1.79 bits per heavy atom. The average molecular weight is 398 g/mol. The highest BCUT2D eigenvalue weighted by atomic mass is 32.2. The molecule has 2 aromatic carbocycles. The van der Waals surface area contributed by atoms with E-state index >= 15 is 0 Å². The summed E-state index contributed by atoms with van der Waals surface area (Å²) in [5, 5.41) is 3.06. The molecule has 0 saturated carbocycles. The average Bonchev–Trinajstić information content (AvgIpc) is 2.64. The zero-order valence-corrected chi connectivity index (χ0v) is 18.3. The molecule has 0 unspecified atom stereocenters. The molecule has 1 aliphatic rings. The van der Waals surface area contributed by atoms with Crippen molar-refractivity contribution in [3.63, 3.8) is 0 Å². The molecule has 5 heteroatoms. The fourth-order valence-electron chi connectivity index (χ4n) is 3.59. The van der Waals surface area contributed by atoms with E-state index in [1.54, 1.807) is 11.8 Å². The Kier molecular flexibility index (Phi) is 6.68. The van der Waals surface area contributed by atoms with E-state index in [0.29, 0.717) is 12.5 Å². The van der Waals surface area contributed by atoms with Crippen molar-refractivity contribution in [1.82, 2.24) is 10.2 Å². The van der Waals surface area contributed by atoms with Gasteiger partial charge in [0.2, 0.25) is 0 Å². The number of amides is 1. The van der Waals surface area contributed by atoms with E-state index in [4.69, 9.17) is 0 Å². The third-order valence-corrected chi connectivity index (χ3v) is 6.03. The Labute approximate surface area is 173 Å². The monoisotopic (exact) mass is 397 g/mol. The number of carbonyl (C=O) groups is 1. The second-order valence-electron chi connectivity index (χ2n) is 8.17. The van der Waals surface area contributed by atoms with Gasteiger partial charge in [0.1, 0.15) is 0 Å². The molecular formula is C23H31N3OS. The van der Waals surface area contributed by atoms with E-state index in [1.807, 2.05) is 6.07 Å².